The lowest BCUT2D eigenvalue weighted by Gasteiger charge is -2.36. The predicted molar refractivity (Wildman–Crippen MR) is 85.1 cm³/mol. The molecule has 23 heavy (non-hydrogen) atoms. The quantitative estimate of drug-likeness (QED) is 0.852. The summed E-state index contributed by atoms with van der Waals surface area (Å²) in [5, 5.41) is 23.6. The van der Waals surface area contributed by atoms with Gasteiger partial charge in [0.15, 0.2) is 0 Å². The van der Waals surface area contributed by atoms with Crippen molar-refractivity contribution in [2.24, 2.45) is 0 Å². The molecular formula is C16H24N4O3. The van der Waals surface area contributed by atoms with Gasteiger partial charge in [-0.3, -0.25) is 9.69 Å². The van der Waals surface area contributed by atoms with Crippen molar-refractivity contribution in [3.63, 3.8) is 0 Å². The van der Waals surface area contributed by atoms with Gasteiger partial charge >= 0.3 is 0 Å². The Morgan fingerprint density at radius 3 is 2.52 bits per heavy atom. The van der Waals surface area contributed by atoms with Crippen LogP contribution < -0.4 is 5.56 Å². The van der Waals surface area contributed by atoms with Gasteiger partial charge in [-0.05, 0) is 33.3 Å². The molecule has 0 unspecified atom stereocenters. The standard InChI is InChI=1S/C16H24N4O3/c1-10-6-19(7-11(2)23-10)8-14(21)9-20-16(22)15(5-17)12(3)13(4)18-20/h10-11,14,21H,6-9H2,1-4H3/t10-,11-,14-/m1/s1. The Kier molecular flexibility index (Phi) is 5.52. The van der Waals surface area contributed by atoms with E-state index in [1.807, 2.05) is 19.9 Å². The molecule has 1 aliphatic rings. The van der Waals surface area contributed by atoms with Crippen molar-refractivity contribution in [3.8, 4) is 6.07 Å². The summed E-state index contributed by atoms with van der Waals surface area (Å²) in [7, 11) is 0. The zero-order valence-electron chi connectivity index (χ0n) is 14.1. The maximum atomic E-state index is 12.2. The Balaban J connectivity index is 2.09. The van der Waals surface area contributed by atoms with Gasteiger partial charge in [0.1, 0.15) is 11.6 Å². The number of nitriles is 1. The molecular weight excluding hydrogens is 296 g/mol. The number of aromatic nitrogens is 2. The molecule has 0 bridgehead atoms. The topological polar surface area (TPSA) is 91.4 Å². The number of nitrogens with zero attached hydrogens (tertiary/aromatic N) is 4. The van der Waals surface area contributed by atoms with E-state index in [0.717, 1.165) is 13.1 Å². The van der Waals surface area contributed by atoms with Crippen molar-refractivity contribution in [1.82, 2.24) is 14.7 Å². The number of hydrogen-bond donors (Lipinski definition) is 1. The first-order valence-electron chi connectivity index (χ1n) is 7.86. The third-order valence-electron chi connectivity index (χ3n) is 4.10. The highest BCUT2D eigenvalue weighted by molar-refractivity contribution is 5.36. The van der Waals surface area contributed by atoms with Crippen LogP contribution in [-0.2, 0) is 11.3 Å². The van der Waals surface area contributed by atoms with E-state index in [4.69, 9.17) is 10.00 Å². The molecule has 1 N–H and O–H groups in total. The third-order valence-corrected chi connectivity index (χ3v) is 4.10. The van der Waals surface area contributed by atoms with Gasteiger partial charge in [0.25, 0.3) is 5.56 Å². The summed E-state index contributed by atoms with van der Waals surface area (Å²) < 4.78 is 6.86. The summed E-state index contributed by atoms with van der Waals surface area (Å²) in [4.78, 5) is 14.4. The SMILES string of the molecule is Cc1nn(C[C@H](O)CN2C[C@@H](C)O[C@H](C)C2)c(=O)c(C#N)c1C. The smallest absolute Gasteiger partial charge is 0.285 e. The van der Waals surface area contributed by atoms with Gasteiger partial charge < -0.3 is 9.84 Å². The maximum absolute atomic E-state index is 12.2. The van der Waals surface area contributed by atoms with Crippen molar-refractivity contribution in [2.45, 2.75) is 52.6 Å². The number of aliphatic hydroxyl groups excluding tert-OH is 1. The van der Waals surface area contributed by atoms with E-state index in [-0.39, 0.29) is 24.3 Å². The molecule has 2 rings (SSSR count). The van der Waals surface area contributed by atoms with Gasteiger partial charge in [0.05, 0.1) is 30.6 Å². The molecule has 3 atom stereocenters. The molecule has 0 spiro atoms. The van der Waals surface area contributed by atoms with E-state index in [9.17, 15) is 9.90 Å². The summed E-state index contributed by atoms with van der Waals surface area (Å²) in [6.07, 6.45) is -0.483. The van der Waals surface area contributed by atoms with Crippen LogP contribution in [0.25, 0.3) is 0 Å². The van der Waals surface area contributed by atoms with Crippen molar-refractivity contribution in [1.29, 1.82) is 5.26 Å². The Labute approximate surface area is 136 Å². The predicted octanol–water partition coefficient (Wildman–Crippen LogP) is 0.202. The second-order valence-electron chi connectivity index (χ2n) is 6.31. The largest absolute Gasteiger partial charge is 0.390 e. The molecule has 1 saturated heterocycles. The average molecular weight is 320 g/mol. The number of hydrogen-bond acceptors (Lipinski definition) is 6. The van der Waals surface area contributed by atoms with Crippen LogP contribution >= 0.6 is 0 Å². The van der Waals surface area contributed by atoms with E-state index < -0.39 is 11.7 Å². The van der Waals surface area contributed by atoms with Crippen molar-refractivity contribution in [2.75, 3.05) is 19.6 Å². The molecule has 0 saturated carbocycles. The molecule has 7 heteroatoms. The fraction of sp³-hybridized carbons (Fsp3) is 0.688. The fourth-order valence-corrected chi connectivity index (χ4v) is 3.02. The average Bonchev–Trinajstić information content (AvgIpc) is 2.44. The fourth-order valence-electron chi connectivity index (χ4n) is 3.02. The van der Waals surface area contributed by atoms with Gasteiger partial charge in [-0.1, -0.05) is 0 Å². The number of rotatable bonds is 4. The molecule has 1 aromatic heterocycles. The molecule has 2 heterocycles. The van der Waals surface area contributed by atoms with Crippen LogP contribution in [0.4, 0.5) is 0 Å². The van der Waals surface area contributed by atoms with Gasteiger partial charge in [-0.15, -0.1) is 0 Å². The number of morpholine rings is 1. The number of aliphatic hydroxyl groups is 1. The minimum atomic E-state index is -0.730. The Bertz CT molecular complexity index is 655. The van der Waals surface area contributed by atoms with Crippen molar-refractivity contribution < 1.29 is 9.84 Å². The lowest BCUT2D eigenvalue weighted by atomic mass is 10.1. The van der Waals surface area contributed by atoms with E-state index >= 15 is 0 Å². The maximum Gasteiger partial charge on any atom is 0.285 e. The summed E-state index contributed by atoms with van der Waals surface area (Å²) >= 11 is 0. The monoisotopic (exact) mass is 320 g/mol. The molecule has 7 nitrogen and oxygen atoms in total. The Morgan fingerprint density at radius 1 is 1.35 bits per heavy atom. The minimum Gasteiger partial charge on any atom is -0.390 e. The highest BCUT2D eigenvalue weighted by Crippen LogP contribution is 2.11. The first-order valence-corrected chi connectivity index (χ1v) is 7.86. The second-order valence-corrected chi connectivity index (χ2v) is 6.31. The van der Waals surface area contributed by atoms with Crippen molar-refractivity contribution >= 4 is 0 Å². The Morgan fingerprint density at radius 2 is 1.96 bits per heavy atom. The van der Waals surface area contributed by atoms with E-state index in [1.165, 1.54) is 4.68 Å². The van der Waals surface area contributed by atoms with Crippen LogP contribution in [0.3, 0.4) is 0 Å². The van der Waals surface area contributed by atoms with Gasteiger partial charge in [-0.2, -0.15) is 10.4 Å². The number of ether oxygens (including phenoxy) is 1. The number of β-amino-alcohol motifs (C(OH)–C–C–N with tert-alkyl or cyclic N) is 1. The minimum absolute atomic E-state index is 0.0781. The third kappa shape index (κ3) is 4.16. The second kappa shape index (κ2) is 7.21. The van der Waals surface area contributed by atoms with Crippen LogP contribution in [0.5, 0.6) is 0 Å². The lowest BCUT2D eigenvalue weighted by Crippen LogP contribution is -2.49. The zero-order valence-corrected chi connectivity index (χ0v) is 14.1. The normalized spacial score (nSPS) is 23.5. The first-order chi connectivity index (χ1) is 10.8. The first kappa shape index (κ1) is 17.6. The zero-order chi connectivity index (χ0) is 17.1. The number of aryl methyl sites for hydroxylation is 1. The summed E-state index contributed by atoms with van der Waals surface area (Å²) in [6, 6.07) is 1.93. The van der Waals surface area contributed by atoms with Crippen LogP contribution in [0.15, 0.2) is 4.79 Å². The summed E-state index contributed by atoms with van der Waals surface area (Å²) in [5.41, 5.74) is 0.873. The van der Waals surface area contributed by atoms with Crippen LogP contribution in [0.1, 0.15) is 30.7 Å². The highest BCUT2D eigenvalue weighted by atomic mass is 16.5. The molecule has 1 fully saturated rings. The molecule has 0 amide bonds. The van der Waals surface area contributed by atoms with Crippen LogP contribution in [0.2, 0.25) is 0 Å². The molecule has 126 valence electrons. The summed E-state index contributed by atoms with van der Waals surface area (Å²) in [5.74, 6) is 0. The van der Waals surface area contributed by atoms with E-state index in [2.05, 4.69) is 10.00 Å². The van der Waals surface area contributed by atoms with Crippen LogP contribution in [0, 0.1) is 25.2 Å². The van der Waals surface area contributed by atoms with Gasteiger partial charge in [0, 0.05) is 19.6 Å². The van der Waals surface area contributed by atoms with E-state index in [1.54, 1.807) is 13.8 Å². The van der Waals surface area contributed by atoms with Gasteiger partial charge in [-0.25, -0.2) is 4.68 Å². The lowest BCUT2D eigenvalue weighted by molar-refractivity contribution is -0.0775. The molecule has 0 aromatic carbocycles. The van der Waals surface area contributed by atoms with Gasteiger partial charge in [0.2, 0.25) is 0 Å². The molecule has 0 aliphatic carbocycles. The molecule has 0 radical (unpaired) electrons. The Hall–Kier alpha value is -1.75. The highest BCUT2D eigenvalue weighted by Gasteiger charge is 2.24. The van der Waals surface area contributed by atoms with Crippen LogP contribution in [-0.4, -0.2) is 57.7 Å². The molecule has 1 aliphatic heterocycles. The molecule has 1 aromatic rings. The summed E-state index contributed by atoms with van der Waals surface area (Å²) in [6.45, 7) is 9.49. The van der Waals surface area contributed by atoms with E-state index in [0.29, 0.717) is 17.8 Å². The van der Waals surface area contributed by atoms with Crippen molar-refractivity contribution in [3.05, 3.63) is 27.2 Å².